The molecule has 4 nitrogen and oxygen atoms in total. The fourth-order valence-electron chi connectivity index (χ4n) is 1.59. The monoisotopic (exact) mass is 264 g/mol. The van der Waals surface area contributed by atoms with Crippen molar-refractivity contribution in [2.75, 3.05) is 11.9 Å². The van der Waals surface area contributed by atoms with Gasteiger partial charge in [-0.25, -0.2) is 4.79 Å². The molecule has 0 saturated carbocycles. The van der Waals surface area contributed by atoms with Gasteiger partial charge >= 0.3 is 6.09 Å². The van der Waals surface area contributed by atoms with Gasteiger partial charge in [0, 0.05) is 12.2 Å². The van der Waals surface area contributed by atoms with Crippen LogP contribution < -0.4 is 10.6 Å². The van der Waals surface area contributed by atoms with E-state index >= 15 is 0 Å². The average Bonchev–Trinajstić information content (AvgIpc) is 2.27. The molecular formula is C15H24N2O2. The van der Waals surface area contributed by atoms with E-state index in [4.69, 9.17) is 4.74 Å². The number of carbonyl (C=O) groups excluding carboxylic acids is 1. The summed E-state index contributed by atoms with van der Waals surface area (Å²) in [6.07, 6.45) is 0.682. The molecule has 19 heavy (non-hydrogen) atoms. The molecule has 0 saturated heterocycles. The molecule has 1 rings (SSSR count). The summed E-state index contributed by atoms with van der Waals surface area (Å²) in [5.41, 5.74) is 1.41. The zero-order valence-electron chi connectivity index (χ0n) is 12.2. The van der Waals surface area contributed by atoms with Crippen LogP contribution in [-0.2, 0) is 11.3 Å². The summed E-state index contributed by atoms with van der Waals surface area (Å²) in [5, 5.41) is 6.07. The van der Waals surface area contributed by atoms with Crippen LogP contribution in [0.15, 0.2) is 24.3 Å². The Balaban J connectivity index is 2.54. The van der Waals surface area contributed by atoms with E-state index in [1.807, 2.05) is 45.0 Å². The third-order valence-corrected chi connectivity index (χ3v) is 2.33. The molecule has 0 spiro atoms. The van der Waals surface area contributed by atoms with Crippen LogP contribution in [0.1, 0.15) is 39.7 Å². The van der Waals surface area contributed by atoms with E-state index < -0.39 is 11.7 Å². The SMILES string of the molecule is CCCNCc1cccc(NC(=O)OC(C)(C)C)c1. The summed E-state index contributed by atoms with van der Waals surface area (Å²) in [6, 6.07) is 7.76. The molecule has 0 aliphatic rings. The maximum Gasteiger partial charge on any atom is 0.412 e. The van der Waals surface area contributed by atoms with Crippen molar-refractivity contribution in [3.05, 3.63) is 29.8 Å². The summed E-state index contributed by atoms with van der Waals surface area (Å²) in [4.78, 5) is 11.7. The lowest BCUT2D eigenvalue weighted by atomic mass is 10.2. The lowest BCUT2D eigenvalue weighted by Crippen LogP contribution is -2.27. The predicted octanol–water partition coefficient (Wildman–Crippen LogP) is 3.53. The van der Waals surface area contributed by atoms with Gasteiger partial charge < -0.3 is 10.1 Å². The van der Waals surface area contributed by atoms with Gasteiger partial charge in [0.2, 0.25) is 0 Å². The zero-order valence-corrected chi connectivity index (χ0v) is 12.2. The van der Waals surface area contributed by atoms with E-state index in [-0.39, 0.29) is 0 Å². The molecule has 0 aliphatic heterocycles. The Labute approximate surface area is 115 Å². The van der Waals surface area contributed by atoms with Crippen molar-refractivity contribution in [2.24, 2.45) is 0 Å². The van der Waals surface area contributed by atoms with Gasteiger partial charge in [-0.15, -0.1) is 0 Å². The summed E-state index contributed by atoms with van der Waals surface area (Å²) >= 11 is 0. The highest BCUT2D eigenvalue weighted by Gasteiger charge is 2.16. The number of carbonyl (C=O) groups is 1. The topological polar surface area (TPSA) is 50.4 Å². The highest BCUT2D eigenvalue weighted by Crippen LogP contribution is 2.13. The maximum atomic E-state index is 11.7. The first kappa shape index (κ1) is 15.5. The molecule has 0 heterocycles. The van der Waals surface area contributed by atoms with Crippen molar-refractivity contribution >= 4 is 11.8 Å². The van der Waals surface area contributed by atoms with Crippen LogP contribution in [0.4, 0.5) is 10.5 Å². The second-order valence-corrected chi connectivity index (χ2v) is 5.50. The van der Waals surface area contributed by atoms with Gasteiger partial charge in [-0.05, 0) is 51.4 Å². The van der Waals surface area contributed by atoms with Crippen molar-refractivity contribution < 1.29 is 9.53 Å². The van der Waals surface area contributed by atoms with E-state index in [2.05, 4.69) is 17.6 Å². The van der Waals surface area contributed by atoms with Crippen LogP contribution in [-0.4, -0.2) is 18.2 Å². The first-order valence-electron chi connectivity index (χ1n) is 6.70. The first-order chi connectivity index (χ1) is 8.90. The molecule has 1 aromatic carbocycles. The van der Waals surface area contributed by atoms with Gasteiger partial charge in [0.25, 0.3) is 0 Å². The van der Waals surface area contributed by atoms with Gasteiger partial charge in [-0.1, -0.05) is 19.1 Å². The van der Waals surface area contributed by atoms with Gasteiger partial charge in [0.15, 0.2) is 0 Å². The molecule has 1 amide bonds. The average molecular weight is 264 g/mol. The van der Waals surface area contributed by atoms with Crippen molar-refractivity contribution in [1.82, 2.24) is 5.32 Å². The molecule has 106 valence electrons. The van der Waals surface area contributed by atoms with Gasteiger partial charge in [-0.3, -0.25) is 5.32 Å². The van der Waals surface area contributed by atoms with Crippen LogP contribution in [0.2, 0.25) is 0 Å². The molecule has 0 aromatic heterocycles. The molecule has 0 bridgehead atoms. The van der Waals surface area contributed by atoms with Crippen LogP contribution >= 0.6 is 0 Å². The van der Waals surface area contributed by atoms with Gasteiger partial charge in [0.05, 0.1) is 0 Å². The first-order valence-corrected chi connectivity index (χ1v) is 6.70. The van der Waals surface area contributed by atoms with Crippen LogP contribution in [0, 0.1) is 0 Å². The van der Waals surface area contributed by atoms with Crippen molar-refractivity contribution in [3.8, 4) is 0 Å². The Hall–Kier alpha value is -1.55. The van der Waals surface area contributed by atoms with Crippen molar-refractivity contribution in [2.45, 2.75) is 46.3 Å². The predicted molar refractivity (Wildman–Crippen MR) is 78.3 cm³/mol. The Bertz CT molecular complexity index is 411. The second-order valence-electron chi connectivity index (χ2n) is 5.50. The van der Waals surface area contributed by atoms with Crippen LogP contribution in [0.25, 0.3) is 0 Å². The number of benzene rings is 1. The minimum Gasteiger partial charge on any atom is -0.444 e. The van der Waals surface area contributed by atoms with E-state index in [1.54, 1.807) is 0 Å². The number of rotatable bonds is 5. The Morgan fingerprint density at radius 3 is 2.68 bits per heavy atom. The minimum absolute atomic E-state index is 0.425. The number of ether oxygens (including phenoxy) is 1. The fourth-order valence-corrected chi connectivity index (χ4v) is 1.59. The quantitative estimate of drug-likeness (QED) is 0.800. The van der Waals surface area contributed by atoms with Crippen LogP contribution in [0.3, 0.4) is 0 Å². The Morgan fingerprint density at radius 1 is 1.32 bits per heavy atom. The zero-order chi connectivity index (χ0) is 14.3. The molecular weight excluding hydrogens is 240 g/mol. The molecule has 0 radical (unpaired) electrons. The molecule has 1 aromatic rings. The summed E-state index contributed by atoms with van der Waals surface area (Å²) < 4.78 is 5.21. The lowest BCUT2D eigenvalue weighted by molar-refractivity contribution is 0.0636. The lowest BCUT2D eigenvalue weighted by Gasteiger charge is -2.19. The fraction of sp³-hybridized carbons (Fsp3) is 0.533. The number of nitrogens with one attached hydrogen (secondary N) is 2. The number of hydrogen-bond acceptors (Lipinski definition) is 3. The Kier molecular flexibility index (Phi) is 5.83. The van der Waals surface area contributed by atoms with E-state index in [9.17, 15) is 4.79 Å². The van der Waals surface area contributed by atoms with E-state index in [0.717, 1.165) is 30.8 Å². The second kappa shape index (κ2) is 7.14. The summed E-state index contributed by atoms with van der Waals surface area (Å²) in [5.74, 6) is 0. The highest BCUT2D eigenvalue weighted by molar-refractivity contribution is 5.84. The molecule has 0 aliphatic carbocycles. The van der Waals surface area contributed by atoms with Crippen LogP contribution in [0.5, 0.6) is 0 Å². The number of anilines is 1. The maximum absolute atomic E-state index is 11.7. The third-order valence-electron chi connectivity index (χ3n) is 2.33. The minimum atomic E-state index is -0.482. The molecule has 2 N–H and O–H groups in total. The normalized spacial score (nSPS) is 11.2. The Morgan fingerprint density at radius 2 is 2.05 bits per heavy atom. The molecule has 4 heteroatoms. The largest absolute Gasteiger partial charge is 0.444 e. The third kappa shape index (κ3) is 6.82. The van der Waals surface area contributed by atoms with Gasteiger partial charge in [-0.2, -0.15) is 0 Å². The number of amides is 1. The summed E-state index contributed by atoms with van der Waals surface area (Å²) in [7, 11) is 0. The van der Waals surface area contributed by atoms with E-state index in [0.29, 0.717) is 0 Å². The van der Waals surface area contributed by atoms with Gasteiger partial charge in [0.1, 0.15) is 5.60 Å². The standard InChI is InChI=1S/C15H24N2O2/c1-5-9-16-11-12-7-6-8-13(10-12)17-14(18)19-15(2,3)4/h6-8,10,16H,5,9,11H2,1-4H3,(H,17,18). The molecule has 0 atom stereocenters. The summed E-state index contributed by atoms with van der Waals surface area (Å²) in [6.45, 7) is 9.46. The smallest absolute Gasteiger partial charge is 0.412 e. The highest BCUT2D eigenvalue weighted by atomic mass is 16.6. The van der Waals surface area contributed by atoms with Crippen molar-refractivity contribution in [3.63, 3.8) is 0 Å². The van der Waals surface area contributed by atoms with E-state index in [1.165, 1.54) is 0 Å². The molecule has 0 fully saturated rings. The van der Waals surface area contributed by atoms with Crippen molar-refractivity contribution in [1.29, 1.82) is 0 Å². The molecule has 0 unspecified atom stereocenters. The number of hydrogen-bond donors (Lipinski definition) is 2.